The molecule has 0 unspecified atom stereocenters. The van der Waals surface area contributed by atoms with Crippen LogP contribution in [0.4, 0.5) is 13.2 Å². The van der Waals surface area contributed by atoms with Crippen LogP contribution < -0.4 is 4.74 Å². The van der Waals surface area contributed by atoms with Gasteiger partial charge in [0.05, 0.1) is 17.2 Å². The molecule has 150 valence electrons. The SMILES string of the molecule is Cc1cc(OCc2cc(C(F)(F)F)ccn2)c(C)cc1CN1CC(C(=O)O)C1. The van der Waals surface area contributed by atoms with Crippen molar-refractivity contribution in [2.24, 2.45) is 5.92 Å². The van der Waals surface area contributed by atoms with Crippen LogP contribution in [0.5, 0.6) is 5.75 Å². The molecule has 8 heteroatoms. The first-order chi connectivity index (χ1) is 13.1. The van der Waals surface area contributed by atoms with Crippen molar-refractivity contribution in [2.45, 2.75) is 33.2 Å². The summed E-state index contributed by atoms with van der Waals surface area (Å²) in [5.74, 6) is -0.479. The minimum Gasteiger partial charge on any atom is -0.487 e. The van der Waals surface area contributed by atoms with E-state index in [9.17, 15) is 18.0 Å². The Balaban J connectivity index is 1.64. The van der Waals surface area contributed by atoms with E-state index in [4.69, 9.17) is 9.84 Å². The first-order valence-corrected chi connectivity index (χ1v) is 8.83. The van der Waals surface area contributed by atoms with Crippen molar-refractivity contribution in [3.05, 3.63) is 58.4 Å². The summed E-state index contributed by atoms with van der Waals surface area (Å²) in [4.78, 5) is 16.9. The highest BCUT2D eigenvalue weighted by Gasteiger charge is 2.32. The Bertz CT molecular complexity index is 877. The number of likely N-dealkylation sites (tertiary alicyclic amines) is 1. The first-order valence-electron chi connectivity index (χ1n) is 8.83. The zero-order chi connectivity index (χ0) is 20.5. The van der Waals surface area contributed by atoms with Gasteiger partial charge in [-0.15, -0.1) is 0 Å². The minimum absolute atomic E-state index is 0.0596. The van der Waals surface area contributed by atoms with E-state index in [-0.39, 0.29) is 18.2 Å². The largest absolute Gasteiger partial charge is 0.487 e. The lowest BCUT2D eigenvalue weighted by Crippen LogP contribution is -2.49. The van der Waals surface area contributed by atoms with E-state index in [1.54, 1.807) is 0 Å². The summed E-state index contributed by atoms with van der Waals surface area (Å²) in [7, 11) is 0. The molecule has 0 radical (unpaired) electrons. The van der Waals surface area contributed by atoms with Crippen LogP contribution in [0.2, 0.25) is 0 Å². The van der Waals surface area contributed by atoms with Crippen molar-refractivity contribution in [1.29, 1.82) is 0 Å². The molecule has 0 spiro atoms. The number of hydrogen-bond acceptors (Lipinski definition) is 4. The second-order valence-corrected chi connectivity index (χ2v) is 7.10. The molecule has 0 aliphatic carbocycles. The van der Waals surface area contributed by atoms with E-state index in [2.05, 4.69) is 9.88 Å². The van der Waals surface area contributed by atoms with Gasteiger partial charge in [-0.25, -0.2) is 0 Å². The number of nitrogens with zero attached hydrogens (tertiary/aromatic N) is 2. The van der Waals surface area contributed by atoms with Gasteiger partial charge in [-0.05, 0) is 48.7 Å². The minimum atomic E-state index is -4.41. The number of aryl methyl sites for hydroxylation is 2. The van der Waals surface area contributed by atoms with Crippen molar-refractivity contribution in [3.8, 4) is 5.75 Å². The maximum Gasteiger partial charge on any atom is 0.416 e. The lowest BCUT2D eigenvalue weighted by molar-refractivity contribution is -0.147. The Morgan fingerprint density at radius 2 is 1.96 bits per heavy atom. The number of benzene rings is 1. The monoisotopic (exact) mass is 394 g/mol. The third-order valence-corrected chi connectivity index (χ3v) is 4.85. The molecular weight excluding hydrogens is 373 g/mol. The maximum atomic E-state index is 12.8. The zero-order valence-corrected chi connectivity index (χ0v) is 15.6. The van der Waals surface area contributed by atoms with E-state index < -0.39 is 17.7 Å². The number of carboxylic acid groups (broad SMARTS) is 1. The summed E-state index contributed by atoms with van der Waals surface area (Å²) in [5, 5.41) is 8.96. The topological polar surface area (TPSA) is 62.7 Å². The first kappa shape index (κ1) is 20.1. The fourth-order valence-electron chi connectivity index (χ4n) is 3.16. The van der Waals surface area contributed by atoms with Crippen LogP contribution in [0, 0.1) is 19.8 Å². The van der Waals surface area contributed by atoms with Crippen molar-refractivity contribution in [3.63, 3.8) is 0 Å². The van der Waals surface area contributed by atoms with Gasteiger partial charge in [0, 0.05) is 25.8 Å². The van der Waals surface area contributed by atoms with Crippen LogP contribution in [-0.2, 0) is 24.1 Å². The van der Waals surface area contributed by atoms with Crippen LogP contribution in [0.3, 0.4) is 0 Å². The third-order valence-electron chi connectivity index (χ3n) is 4.85. The van der Waals surface area contributed by atoms with Gasteiger partial charge in [0.15, 0.2) is 0 Å². The predicted octanol–water partition coefficient (Wildman–Crippen LogP) is 3.81. The third kappa shape index (κ3) is 4.62. The van der Waals surface area contributed by atoms with Crippen LogP contribution in [-0.4, -0.2) is 34.0 Å². The molecule has 1 N–H and O–H groups in total. The summed E-state index contributed by atoms with van der Waals surface area (Å²) < 4.78 is 44.1. The second kappa shape index (κ2) is 7.79. The Morgan fingerprint density at radius 3 is 2.61 bits per heavy atom. The fraction of sp³-hybridized carbons (Fsp3) is 0.400. The Hall–Kier alpha value is -2.61. The van der Waals surface area contributed by atoms with Crippen LogP contribution in [0.25, 0.3) is 0 Å². The number of rotatable bonds is 6. The van der Waals surface area contributed by atoms with E-state index in [0.29, 0.717) is 25.4 Å². The Morgan fingerprint density at radius 1 is 1.25 bits per heavy atom. The number of carbonyl (C=O) groups is 1. The van der Waals surface area contributed by atoms with Crippen LogP contribution in [0.1, 0.15) is 27.9 Å². The van der Waals surface area contributed by atoms with Gasteiger partial charge < -0.3 is 9.84 Å². The van der Waals surface area contributed by atoms with E-state index in [1.807, 2.05) is 26.0 Å². The summed E-state index contributed by atoms with van der Waals surface area (Å²) in [6.07, 6.45) is -3.29. The average Bonchev–Trinajstić information content (AvgIpc) is 2.58. The highest BCUT2D eigenvalue weighted by Crippen LogP contribution is 2.30. The number of alkyl halides is 3. The highest BCUT2D eigenvalue weighted by atomic mass is 19.4. The van der Waals surface area contributed by atoms with Gasteiger partial charge in [0.2, 0.25) is 0 Å². The van der Waals surface area contributed by atoms with Gasteiger partial charge in [-0.3, -0.25) is 14.7 Å². The van der Waals surface area contributed by atoms with Crippen molar-refractivity contribution < 1.29 is 27.8 Å². The molecule has 2 heterocycles. The molecule has 0 saturated carbocycles. The molecule has 1 aliphatic heterocycles. The number of ether oxygens (including phenoxy) is 1. The van der Waals surface area contributed by atoms with E-state index >= 15 is 0 Å². The Kier molecular flexibility index (Phi) is 5.60. The quantitative estimate of drug-likeness (QED) is 0.807. The highest BCUT2D eigenvalue weighted by molar-refractivity contribution is 5.71. The molecule has 3 rings (SSSR count). The Labute approximate surface area is 160 Å². The van der Waals surface area contributed by atoms with Crippen molar-refractivity contribution in [1.82, 2.24) is 9.88 Å². The normalized spacial score (nSPS) is 15.3. The molecule has 1 saturated heterocycles. The molecule has 2 aromatic rings. The maximum absolute atomic E-state index is 12.8. The molecule has 1 aromatic heterocycles. The molecule has 0 amide bonds. The average molecular weight is 394 g/mol. The number of pyridine rings is 1. The van der Waals surface area contributed by atoms with Crippen molar-refractivity contribution in [2.75, 3.05) is 13.1 Å². The molecule has 1 fully saturated rings. The summed E-state index contributed by atoms with van der Waals surface area (Å²) in [5.41, 5.74) is 2.37. The van der Waals surface area contributed by atoms with Gasteiger partial charge in [-0.2, -0.15) is 13.2 Å². The van der Waals surface area contributed by atoms with E-state index in [0.717, 1.165) is 35.0 Å². The number of halogens is 3. The second-order valence-electron chi connectivity index (χ2n) is 7.10. The molecule has 28 heavy (non-hydrogen) atoms. The standard InChI is InChI=1S/C20H21F3N2O3/c1-12-6-18(28-11-17-7-16(3-4-24-17)20(21,22)23)13(2)5-14(12)8-25-9-15(10-25)19(26)27/h3-7,15H,8-11H2,1-2H3,(H,26,27). The summed E-state index contributed by atoms with van der Waals surface area (Å²) in [6, 6.07) is 5.74. The summed E-state index contributed by atoms with van der Waals surface area (Å²) in [6.45, 7) is 5.47. The fourth-order valence-corrected chi connectivity index (χ4v) is 3.16. The van der Waals surface area contributed by atoms with Gasteiger partial charge >= 0.3 is 12.1 Å². The lowest BCUT2D eigenvalue weighted by atomic mass is 9.97. The van der Waals surface area contributed by atoms with Crippen LogP contribution in [0.15, 0.2) is 30.5 Å². The molecule has 0 bridgehead atoms. The molecule has 0 atom stereocenters. The number of hydrogen-bond donors (Lipinski definition) is 1. The van der Waals surface area contributed by atoms with E-state index in [1.165, 1.54) is 0 Å². The molecular formula is C20H21F3N2O3. The number of aliphatic carboxylic acids is 1. The molecule has 5 nitrogen and oxygen atoms in total. The molecule has 1 aliphatic rings. The number of aromatic nitrogens is 1. The molecule has 1 aromatic carbocycles. The summed E-state index contributed by atoms with van der Waals surface area (Å²) >= 11 is 0. The van der Waals surface area contributed by atoms with Gasteiger partial charge in [0.1, 0.15) is 12.4 Å². The van der Waals surface area contributed by atoms with Crippen molar-refractivity contribution >= 4 is 5.97 Å². The van der Waals surface area contributed by atoms with Crippen LogP contribution >= 0.6 is 0 Å². The smallest absolute Gasteiger partial charge is 0.416 e. The number of carboxylic acids is 1. The lowest BCUT2D eigenvalue weighted by Gasteiger charge is -2.37. The predicted molar refractivity (Wildman–Crippen MR) is 95.9 cm³/mol. The van der Waals surface area contributed by atoms with Gasteiger partial charge in [-0.1, -0.05) is 6.07 Å². The zero-order valence-electron chi connectivity index (χ0n) is 15.6. The van der Waals surface area contributed by atoms with Gasteiger partial charge in [0.25, 0.3) is 0 Å².